The molecule has 0 fully saturated rings. The van der Waals surface area contributed by atoms with Gasteiger partial charge < -0.3 is 10.1 Å². The molecular weight excluding hydrogens is 286 g/mol. The minimum absolute atomic E-state index is 0.0262. The lowest BCUT2D eigenvalue weighted by Crippen LogP contribution is -2.23. The van der Waals surface area contributed by atoms with Crippen molar-refractivity contribution in [2.75, 3.05) is 5.32 Å². The van der Waals surface area contributed by atoms with Crippen LogP contribution in [0.5, 0.6) is 0 Å². The van der Waals surface area contributed by atoms with Gasteiger partial charge in [-0.1, -0.05) is 13.8 Å². The number of hydrogen-bond acceptors (Lipinski definition) is 4. The predicted molar refractivity (Wildman–Crippen MR) is 87.0 cm³/mol. The van der Waals surface area contributed by atoms with Crippen molar-refractivity contribution < 1.29 is 14.3 Å². The molecule has 1 N–H and O–H groups in total. The normalized spacial score (nSPS) is 11.0. The number of esters is 1. The van der Waals surface area contributed by atoms with E-state index in [0.29, 0.717) is 10.6 Å². The number of ether oxygens (including phenoxy) is 1. The van der Waals surface area contributed by atoms with Crippen LogP contribution in [0.15, 0.2) is 0 Å². The van der Waals surface area contributed by atoms with Crippen LogP contribution in [0.25, 0.3) is 0 Å². The Bertz CT molecular complexity index is 516. The second-order valence-corrected chi connectivity index (χ2v) is 6.67. The van der Waals surface area contributed by atoms with Crippen LogP contribution in [0.4, 0.5) is 5.00 Å². The zero-order valence-electron chi connectivity index (χ0n) is 13.7. The maximum atomic E-state index is 12.2. The number of rotatable bonds is 6. The largest absolute Gasteiger partial charge is 0.459 e. The van der Waals surface area contributed by atoms with Gasteiger partial charge in [0.05, 0.1) is 11.7 Å². The van der Waals surface area contributed by atoms with E-state index in [2.05, 4.69) is 5.32 Å². The molecule has 0 bridgehead atoms. The van der Waals surface area contributed by atoms with Crippen LogP contribution in [0, 0.1) is 19.8 Å². The van der Waals surface area contributed by atoms with Crippen LogP contribution in [0.3, 0.4) is 0 Å². The second kappa shape index (κ2) is 7.59. The number of nitrogens with one attached hydrogen (secondary N) is 1. The number of anilines is 1. The Labute approximate surface area is 130 Å². The Morgan fingerprint density at radius 2 is 1.76 bits per heavy atom. The molecule has 0 radical (unpaired) electrons. The van der Waals surface area contributed by atoms with Crippen LogP contribution in [-0.2, 0) is 9.53 Å². The standard InChI is InChI=1S/C16H25NO3S/c1-7-12(8-2)14(18)17-15-13(10(5)11(6)21-15)16(19)20-9(3)4/h9,12H,7-8H2,1-6H3,(H,17,18). The van der Waals surface area contributed by atoms with Gasteiger partial charge >= 0.3 is 5.97 Å². The lowest BCUT2D eigenvalue weighted by molar-refractivity contribution is -0.120. The van der Waals surface area contributed by atoms with Crippen molar-refractivity contribution in [1.29, 1.82) is 0 Å². The molecule has 0 spiro atoms. The van der Waals surface area contributed by atoms with Gasteiger partial charge in [0.1, 0.15) is 5.00 Å². The molecule has 0 aliphatic heterocycles. The summed E-state index contributed by atoms with van der Waals surface area (Å²) in [7, 11) is 0. The van der Waals surface area contributed by atoms with Gasteiger partial charge in [0.15, 0.2) is 0 Å². The molecule has 1 aromatic heterocycles. The van der Waals surface area contributed by atoms with Crippen LogP contribution >= 0.6 is 11.3 Å². The number of thiophene rings is 1. The molecule has 0 unspecified atom stereocenters. The smallest absolute Gasteiger partial charge is 0.341 e. The third-order valence-corrected chi connectivity index (χ3v) is 4.65. The van der Waals surface area contributed by atoms with Gasteiger partial charge in [-0.2, -0.15) is 0 Å². The molecule has 5 heteroatoms. The Hall–Kier alpha value is -1.36. The van der Waals surface area contributed by atoms with Gasteiger partial charge in [-0.3, -0.25) is 4.79 Å². The van der Waals surface area contributed by atoms with Crippen molar-refractivity contribution in [3.05, 3.63) is 16.0 Å². The lowest BCUT2D eigenvalue weighted by Gasteiger charge is -2.14. The van der Waals surface area contributed by atoms with E-state index in [9.17, 15) is 9.59 Å². The van der Waals surface area contributed by atoms with E-state index in [1.165, 1.54) is 11.3 Å². The summed E-state index contributed by atoms with van der Waals surface area (Å²) >= 11 is 1.43. The Balaban J connectivity index is 3.05. The minimum Gasteiger partial charge on any atom is -0.459 e. The van der Waals surface area contributed by atoms with E-state index < -0.39 is 0 Å². The highest BCUT2D eigenvalue weighted by atomic mass is 32.1. The highest BCUT2D eigenvalue weighted by Crippen LogP contribution is 2.33. The molecule has 4 nitrogen and oxygen atoms in total. The quantitative estimate of drug-likeness (QED) is 0.797. The van der Waals surface area contributed by atoms with Crippen molar-refractivity contribution in [3.63, 3.8) is 0 Å². The Kier molecular flexibility index (Phi) is 6.40. The number of carbonyl (C=O) groups is 2. The molecule has 0 aliphatic carbocycles. The minimum atomic E-state index is -0.369. The van der Waals surface area contributed by atoms with Crippen LogP contribution in [0.2, 0.25) is 0 Å². The summed E-state index contributed by atoms with van der Waals surface area (Å²) in [5, 5.41) is 3.51. The Morgan fingerprint density at radius 3 is 2.24 bits per heavy atom. The van der Waals surface area contributed by atoms with E-state index in [0.717, 1.165) is 23.3 Å². The fraction of sp³-hybridized carbons (Fsp3) is 0.625. The van der Waals surface area contributed by atoms with E-state index in [1.807, 2.05) is 41.5 Å². The van der Waals surface area contributed by atoms with Gasteiger partial charge in [0.25, 0.3) is 0 Å². The summed E-state index contributed by atoms with van der Waals surface area (Å²) in [6, 6.07) is 0. The number of aryl methyl sites for hydroxylation is 1. The topological polar surface area (TPSA) is 55.4 Å². The first-order valence-electron chi connectivity index (χ1n) is 7.43. The van der Waals surface area contributed by atoms with Crippen molar-refractivity contribution in [2.24, 2.45) is 5.92 Å². The lowest BCUT2D eigenvalue weighted by atomic mass is 10.0. The number of amides is 1. The average Bonchev–Trinajstić information content (AvgIpc) is 2.65. The zero-order valence-corrected chi connectivity index (χ0v) is 14.5. The molecule has 0 atom stereocenters. The number of carbonyl (C=O) groups excluding carboxylic acids is 2. The van der Waals surface area contributed by atoms with E-state index in [1.54, 1.807) is 0 Å². The van der Waals surface area contributed by atoms with Crippen LogP contribution in [-0.4, -0.2) is 18.0 Å². The van der Waals surface area contributed by atoms with E-state index in [4.69, 9.17) is 4.74 Å². The summed E-state index contributed by atoms with van der Waals surface area (Å²) in [6.07, 6.45) is 1.40. The van der Waals surface area contributed by atoms with Crippen molar-refractivity contribution in [2.45, 2.75) is 60.5 Å². The van der Waals surface area contributed by atoms with Crippen molar-refractivity contribution >= 4 is 28.2 Å². The molecule has 0 aromatic carbocycles. The molecule has 1 rings (SSSR count). The summed E-state index contributed by atoms with van der Waals surface area (Å²) in [5.41, 5.74) is 1.37. The molecule has 0 saturated heterocycles. The molecule has 0 aliphatic rings. The zero-order chi connectivity index (χ0) is 16.2. The van der Waals surface area contributed by atoms with Crippen molar-refractivity contribution in [3.8, 4) is 0 Å². The first kappa shape index (κ1) is 17.7. The average molecular weight is 311 g/mol. The molecule has 1 aromatic rings. The third kappa shape index (κ3) is 4.30. The SMILES string of the molecule is CCC(CC)C(=O)Nc1sc(C)c(C)c1C(=O)OC(C)C. The van der Waals surface area contributed by atoms with Gasteiger partial charge in [-0.15, -0.1) is 11.3 Å². The van der Waals surface area contributed by atoms with Gasteiger partial charge in [-0.05, 0) is 46.1 Å². The predicted octanol–water partition coefficient (Wildman–Crippen LogP) is 4.30. The fourth-order valence-corrected chi connectivity index (χ4v) is 3.16. The maximum absolute atomic E-state index is 12.2. The summed E-state index contributed by atoms with van der Waals surface area (Å²) in [4.78, 5) is 25.5. The highest BCUT2D eigenvalue weighted by molar-refractivity contribution is 7.16. The second-order valence-electron chi connectivity index (χ2n) is 5.44. The first-order chi connectivity index (χ1) is 9.81. The molecule has 0 saturated carbocycles. The third-order valence-electron chi connectivity index (χ3n) is 3.53. The van der Waals surface area contributed by atoms with Crippen molar-refractivity contribution in [1.82, 2.24) is 0 Å². The molecular formula is C16H25NO3S. The fourth-order valence-electron chi connectivity index (χ4n) is 2.11. The van der Waals surface area contributed by atoms with Gasteiger partial charge in [0, 0.05) is 10.8 Å². The monoisotopic (exact) mass is 311 g/mol. The van der Waals surface area contributed by atoms with Crippen LogP contribution < -0.4 is 5.32 Å². The van der Waals surface area contributed by atoms with Crippen LogP contribution in [0.1, 0.15) is 61.3 Å². The summed E-state index contributed by atoms with van der Waals surface area (Å²) in [6.45, 7) is 11.4. The van der Waals surface area contributed by atoms with E-state index >= 15 is 0 Å². The molecule has 118 valence electrons. The summed E-state index contributed by atoms with van der Waals surface area (Å²) in [5.74, 6) is -0.423. The molecule has 21 heavy (non-hydrogen) atoms. The van der Waals surface area contributed by atoms with Gasteiger partial charge in [-0.25, -0.2) is 4.79 Å². The highest BCUT2D eigenvalue weighted by Gasteiger charge is 2.24. The molecule has 1 amide bonds. The maximum Gasteiger partial charge on any atom is 0.341 e. The van der Waals surface area contributed by atoms with E-state index in [-0.39, 0.29) is 23.9 Å². The van der Waals surface area contributed by atoms with Gasteiger partial charge in [0.2, 0.25) is 5.91 Å². The Morgan fingerprint density at radius 1 is 1.19 bits per heavy atom. The first-order valence-corrected chi connectivity index (χ1v) is 8.25. The number of hydrogen-bond donors (Lipinski definition) is 1. The summed E-state index contributed by atoms with van der Waals surface area (Å²) < 4.78 is 5.28. The molecule has 1 heterocycles.